The number of hydrogen-bond acceptors (Lipinski definition) is 1. The maximum absolute atomic E-state index is 13.6. The van der Waals surface area contributed by atoms with Gasteiger partial charge in [0.25, 0.3) is 0 Å². The van der Waals surface area contributed by atoms with E-state index in [1.807, 2.05) is 0 Å². The van der Waals surface area contributed by atoms with Crippen LogP contribution in [0.2, 0.25) is 0 Å². The fourth-order valence-electron chi connectivity index (χ4n) is 2.84. The van der Waals surface area contributed by atoms with E-state index in [9.17, 15) is 13.9 Å². The van der Waals surface area contributed by atoms with Gasteiger partial charge < -0.3 is 5.11 Å². The Balaban J connectivity index is 2.07. The van der Waals surface area contributed by atoms with Crippen LogP contribution < -0.4 is 0 Å². The van der Waals surface area contributed by atoms with Crippen LogP contribution >= 0.6 is 0 Å². The van der Waals surface area contributed by atoms with Crippen LogP contribution in [-0.4, -0.2) is 10.7 Å². The first-order valence-corrected chi connectivity index (χ1v) is 6.69. The number of hydrogen-bond donors (Lipinski definition) is 1. The van der Waals surface area contributed by atoms with E-state index in [-0.39, 0.29) is 12.0 Å². The van der Waals surface area contributed by atoms with Gasteiger partial charge >= 0.3 is 0 Å². The van der Waals surface area contributed by atoms with E-state index in [0.717, 1.165) is 25.3 Å². The predicted molar refractivity (Wildman–Crippen MR) is 67.3 cm³/mol. The minimum absolute atomic E-state index is 0.215. The average Bonchev–Trinajstić information content (AvgIpc) is 2.36. The summed E-state index contributed by atoms with van der Waals surface area (Å²) in [5.41, 5.74) is -0.576. The van der Waals surface area contributed by atoms with Gasteiger partial charge in [-0.1, -0.05) is 25.5 Å². The van der Waals surface area contributed by atoms with E-state index < -0.39 is 17.2 Å². The van der Waals surface area contributed by atoms with Crippen molar-refractivity contribution < 1.29 is 13.9 Å². The quantitative estimate of drug-likeness (QED) is 0.869. The van der Waals surface area contributed by atoms with Crippen molar-refractivity contribution in [2.45, 2.75) is 51.0 Å². The molecule has 1 aliphatic carbocycles. The highest BCUT2D eigenvalue weighted by molar-refractivity contribution is 5.21. The van der Waals surface area contributed by atoms with Crippen molar-refractivity contribution in [3.63, 3.8) is 0 Å². The first-order valence-electron chi connectivity index (χ1n) is 6.69. The van der Waals surface area contributed by atoms with E-state index in [2.05, 4.69) is 6.92 Å². The average molecular weight is 254 g/mol. The van der Waals surface area contributed by atoms with Gasteiger partial charge in [0.2, 0.25) is 0 Å². The van der Waals surface area contributed by atoms with E-state index in [0.29, 0.717) is 18.8 Å². The lowest BCUT2D eigenvalue weighted by Gasteiger charge is -2.36. The molecular formula is C15H20F2O. The molecule has 3 heteroatoms. The minimum Gasteiger partial charge on any atom is -0.390 e. The van der Waals surface area contributed by atoms with Gasteiger partial charge in [-0.2, -0.15) is 0 Å². The van der Waals surface area contributed by atoms with Crippen LogP contribution in [0.15, 0.2) is 18.2 Å². The number of rotatable bonds is 3. The van der Waals surface area contributed by atoms with Crippen LogP contribution in [0.3, 0.4) is 0 Å². The largest absolute Gasteiger partial charge is 0.390 e. The van der Waals surface area contributed by atoms with Crippen molar-refractivity contribution in [3.05, 3.63) is 35.4 Å². The van der Waals surface area contributed by atoms with Crippen LogP contribution in [-0.2, 0) is 6.42 Å². The van der Waals surface area contributed by atoms with Crippen LogP contribution in [0, 0.1) is 17.6 Å². The van der Waals surface area contributed by atoms with E-state index in [4.69, 9.17) is 0 Å². The second-order valence-corrected chi connectivity index (χ2v) is 5.47. The van der Waals surface area contributed by atoms with Crippen LogP contribution in [0.1, 0.15) is 44.6 Å². The van der Waals surface area contributed by atoms with Gasteiger partial charge in [-0.15, -0.1) is 0 Å². The van der Waals surface area contributed by atoms with Crippen molar-refractivity contribution in [1.82, 2.24) is 0 Å². The highest BCUT2D eigenvalue weighted by Crippen LogP contribution is 2.36. The summed E-state index contributed by atoms with van der Waals surface area (Å²) in [6.07, 6.45) is 4.66. The molecule has 0 unspecified atom stereocenters. The van der Waals surface area contributed by atoms with Crippen LogP contribution in [0.4, 0.5) is 8.78 Å². The molecule has 0 aromatic heterocycles. The second kappa shape index (κ2) is 5.35. The lowest BCUT2D eigenvalue weighted by molar-refractivity contribution is -0.00993. The summed E-state index contributed by atoms with van der Waals surface area (Å²) in [7, 11) is 0. The monoisotopic (exact) mass is 254 g/mol. The first-order chi connectivity index (χ1) is 8.54. The van der Waals surface area contributed by atoms with Crippen molar-refractivity contribution in [1.29, 1.82) is 0 Å². The number of benzene rings is 1. The first kappa shape index (κ1) is 13.5. The lowest BCUT2D eigenvalue weighted by atomic mass is 9.75. The van der Waals surface area contributed by atoms with Crippen molar-refractivity contribution in [2.24, 2.45) is 5.92 Å². The van der Waals surface area contributed by atoms with Crippen molar-refractivity contribution in [2.75, 3.05) is 0 Å². The van der Waals surface area contributed by atoms with E-state index in [1.54, 1.807) is 6.07 Å². The normalized spacial score (nSPS) is 28.3. The van der Waals surface area contributed by atoms with Gasteiger partial charge in [0.1, 0.15) is 0 Å². The molecule has 1 saturated carbocycles. The topological polar surface area (TPSA) is 20.2 Å². The Morgan fingerprint density at radius 1 is 1.28 bits per heavy atom. The Labute approximate surface area is 107 Å². The standard InChI is InChI=1S/C15H20F2O/c1-2-11-6-8-15(18,9-7-11)10-12-4-3-5-13(16)14(12)17/h3-5,11,18H,2,6-10H2,1H3. The Morgan fingerprint density at radius 2 is 1.94 bits per heavy atom. The molecule has 1 nitrogen and oxygen atoms in total. The fraction of sp³-hybridized carbons (Fsp3) is 0.600. The SMILES string of the molecule is CCC1CCC(O)(Cc2cccc(F)c2F)CC1. The summed E-state index contributed by atoms with van der Waals surface area (Å²) in [5, 5.41) is 10.5. The molecule has 2 rings (SSSR count). The van der Waals surface area contributed by atoms with Crippen molar-refractivity contribution in [3.8, 4) is 0 Å². The second-order valence-electron chi connectivity index (χ2n) is 5.47. The number of halogens is 2. The molecular weight excluding hydrogens is 234 g/mol. The molecule has 0 amide bonds. The Kier molecular flexibility index (Phi) is 4.00. The molecule has 1 fully saturated rings. The minimum atomic E-state index is -0.861. The Bertz CT molecular complexity index is 409. The lowest BCUT2D eigenvalue weighted by Crippen LogP contribution is -2.36. The maximum Gasteiger partial charge on any atom is 0.162 e. The molecule has 1 aliphatic rings. The zero-order valence-corrected chi connectivity index (χ0v) is 10.8. The van der Waals surface area contributed by atoms with Gasteiger partial charge in [0, 0.05) is 6.42 Å². The highest BCUT2D eigenvalue weighted by atomic mass is 19.2. The summed E-state index contributed by atoms with van der Waals surface area (Å²) < 4.78 is 26.7. The third-order valence-electron chi connectivity index (χ3n) is 4.16. The summed E-state index contributed by atoms with van der Waals surface area (Å²) in [6.45, 7) is 2.15. The van der Waals surface area contributed by atoms with Gasteiger partial charge in [-0.25, -0.2) is 8.78 Å². The molecule has 0 heterocycles. The molecule has 0 bridgehead atoms. The summed E-state index contributed by atoms with van der Waals surface area (Å²) in [4.78, 5) is 0. The summed E-state index contributed by atoms with van der Waals surface area (Å²) in [5.74, 6) is -0.982. The Morgan fingerprint density at radius 3 is 2.56 bits per heavy atom. The smallest absolute Gasteiger partial charge is 0.162 e. The fourth-order valence-corrected chi connectivity index (χ4v) is 2.84. The van der Waals surface area contributed by atoms with Gasteiger partial charge in [0.15, 0.2) is 11.6 Å². The van der Waals surface area contributed by atoms with Gasteiger partial charge in [-0.3, -0.25) is 0 Å². The molecule has 1 aromatic carbocycles. The molecule has 18 heavy (non-hydrogen) atoms. The van der Waals surface area contributed by atoms with E-state index >= 15 is 0 Å². The molecule has 0 spiro atoms. The zero-order chi connectivity index (χ0) is 13.2. The molecule has 0 radical (unpaired) electrons. The number of aliphatic hydroxyl groups is 1. The zero-order valence-electron chi connectivity index (χ0n) is 10.8. The molecule has 1 N–H and O–H groups in total. The summed E-state index contributed by atoms with van der Waals surface area (Å²) >= 11 is 0. The maximum atomic E-state index is 13.6. The molecule has 0 saturated heterocycles. The molecule has 1 aromatic rings. The van der Waals surface area contributed by atoms with Crippen LogP contribution in [0.5, 0.6) is 0 Å². The predicted octanol–water partition coefficient (Wildman–Crippen LogP) is 3.84. The molecule has 0 aliphatic heterocycles. The third kappa shape index (κ3) is 2.89. The third-order valence-corrected chi connectivity index (χ3v) is 4.16. The summed E-state index contributed by atoms with van der Waals surface area (Å²) in [6, 6.07) is 4.16. The highest BCUT2D eigenvalue weighted by Gasteiger charge is 2.33. The van der Waals surface area contributed by atoms with Gasteiger partial charge in [0.05, 0.1) is 5.60 Å². The molecule has 0 atom stereocenters. The van der Waals surface area contributed by atoms with Crippen molar-refractivity contribution >= 4 is 0 Å². The van der Waals surface area contributed by atoms with Crippen LogP contribution in [0.25, 0.3) is 0 Å². The van der Waals surface area contributed by atoms with Gasteiger partial charge in [-0.05, 0) is 43.2 Å². The Hall–Kier alpha value is -0.960. The molecule has 100 valence electrons. The van der Waals surface area contributed by atoms with E-state index in [1.165, 1.54) is 6.07 Å².